The van der Waals surface area contributed by atoms with Crippen LogP contribution in [0.25, 0.3) is 0 Å². The number of benzene rings is 1. The fraction of sp³-hybridized carbons (Fsp3) is 0.467. The van der Waals surface area contributed by atoms with Gasteiger partial charge in [-0.15, -0.1) is 24.0 Å². The molecule has 0 aliphatic heterocycles. The number of rotatable bonds is 7. The van der Waals surface area contributed by atoms with Crippen molar-refractivity contribution >= 4 is 35.8 Å². The Morgan fingerprint density at radius 1 is 1.45 bits per heavy atom. The Balaban J connectivity index is 0.00000441. The average molecular weight is 420 g/mol. The minimum absolute atomic E-state index is 0. The van der Waals surface area contributed by atoms with Crippen LogP contribution in [-0.2, 0) is 11.3 Å². The van der Waals surface area contributed by atoms with Gasteiger partial charge in [0.15, 0.2) is 5.96 Å². The quantitative estimate of drug-likeness (QED) is 0.354. The Hall–Kier alpha value is -1.35. The molecule has 1 unspecified atom stereocenters. The van der Waals surface area contributed by atoms with Crippen molar-refractivity contribution < 1.29 is 9.53 Å². The van der Waals surface area contributed by atoms with Crippen molar-refractivity contribution in [2.75, 3.05) is 20.3 Å². The zero-order valence-electron chi connectivity index (χ0n) is 13.3. The molecule has 0 aromatic heterocycles. The van der Waals surface area contributed by atoms with Gasteiger partial charge in [0.25, 0.3) is 5.91 Å². The van der Waals surface area contributed by atoms with Gasteiger partial charge in [-0.3, -0.25) is 4.79 Å². The second-order valence-corrected chi connectivity index (χ2v) is 4.76. The van der Waals surface area contributed by atoms with Gasteiger partial charge >= 0.3 is 0 Å². The molecule has 1 aromatic carbocycles. The molecule has 0 radical (unpaired) electrons. The van der Waals surface area contributed by atoms with Gasteiger partial charge in [-0.05, 0) is 31.5 Å². The van der Waals surface area contributed by atoms with Crippen molar-refractivity contribution in [2.24, 2.45) is 10.7 Å². The molecule has 6 nitrogen and oxygen atoms in total. The minimum Gasteiger partial charge on any atom is -0.383 e. The van der Waals surface area contributed by atoms with E-state index in [0.717, 1.165) is 5.56 Å². The highest BCUT2D eigenvalue weighted by Crippen LogP contribution is 2.06. The largest absolute Gasteiger partial charge is 0.383 e. The highest BCUT2D eigenvalue weighted by atomic mass is 127. The Morgan fingerprint density at radius 3 is 2.82 bits per heavy atom. The van der Waals surface area contributed by atoms with Gasteiger partial charge in [0.05, 0.1) is 13.2 Å². The first-order chi connectivity index (χ1) is 10.1. The second-order valence-electron chi connectivity index (χ2n) is 4.76. The van der Waals surface area contributed by atoms with E-state index in [1.54, 1.807) is 13.2 Å². The molecule has 4 N–H and O–H groups in total. The molecule has 1 rings (SSSR count). The number of guanidine groups is 1. The summed E-state index contributed by atoms with van der Waals surface area (Å²) in [6.45, 7) is 5.44. The Labute approximate surface area is 148 Å². The first-order valence-electron chi connectivity index (χ1n) is 6.99. The molecular formula is C15H25IN4O2. The van der Waals surface area contributed by atoms with Crippen molar-refractivity contribution in [1.82, 2.24) is 10.6 Å². The van der Waals surface area contributed by atoms with Crippen LogP contribution < -0.4 is 16.4 Å². The molecule has 0 saturated heterocycles. The molecule has 0 heterocycles. The summed E-state index contributed by atoms with van der Waals surface area (Å²) in [5, 5.41) is 5.80. The van der Waals surface area contributed by atoms with Crippen LogP contribution in [0.4, 0.5) is 0 Å². The van der Waals surface area contributed by atoms with E-state index in [9.17, 15) is 4.79 Å². The molecule has 0 aliphatic carbocycles. The summed E-state index contributed by atoms with van der Waals surface area (Å²) in [5.74, 6) is 0.283. The summed E-state index contributed by atoms with van der Waals surface area (Å²) in [7, 11) is 1.64. The maximum Gasteiger partial charge on any atom is 0.251 e. The molecule has 0 saturated carbocycles. The molecule has 7 heteroatoms. The van der Waals surface area contributed by atoms with Crippen LogP contribution in [0.2, 0.25) is 0 Å². The van der Waals surface area contributed by atoms with Crippen molar-refractivity contribution in [3.05, 3.63) is 35.4 Å². The van der Waals surface area contributed by atoms with Crippen molar-refractivity contribution in [1.29, 1.82) is 0 Å². The van der Waals surface area contributed by atoms with E-state index in [1.165, 1.54) is 0 Å². The summed E-state index contributed by atoms with van der Waals surface area (Å²) >= 11 is 0. The molecule has 1 aromatic rings. The third-order valence-corrected chi connectivity index (χ3v) is 2.77. The fourth-order valence-electron chi connectivity index (χ4n) is 1.84. The van der Waals surface area contributed by atoms with Crippen LogP contribution in [0.5, 0.6) is 0 Å². The third kappa shape index (κ3) is 7.60. The average Bonchev–Trinajstić information content (AvgIpc) is 2.46. The first kappa shape index (κ1) is 20.6. The molecule has 0 aliphatic rings. The van der Waals surface area contributed by atoms with Crippen molar-refractivity contribution in [3.8, 4) is 0 Å². The van der Waals surface area contributed by atoms with E-state index in [0.29, 0.717) is 31.2 Å². The lowest BCUT2D eigenvalue weighted by atomic mass is 10.1. The highest BCUT2D eigenvalue weighted by Gasteiger charge is 2.05. The van der Waals surface area contributed by atoms with E-state index >= 15 is 0 Å². The number of methoxy groups -OCH3 is 1. The van der Waals surface area contributed by atoms with Gasteiger partial charge in [0, 0.05) is 25.3 Å². The zero-order chi connectivity index (χ0) is 15.7. The van der Waals surface area contributed by atoms with Crippen molar-refractivity contribution in [2.45, 2.75) is 26.4 Å². The Bertz CT molecular complexity index is 494. The van der Waals surface area contributed by atoms with E-state index < -0.39 is 0 Å². The predicted molar refractivity (Wildman–Crippen MR) is 99.7 cm³/mol. The highest BCUT2D eigenvalue weighted by molar-refractivity contribution is 14.0. The number of carbonyl (C=O) groups excluding carboxylic acids is 1. The van der Waals surface area contributed by atoms with Crippen LogP contribution in [-0.4, -0.2) is 38.2 Å². The Kier molecular flexibility index (Phi) is 10.6. The normalized spacial score (nSPS) is 12.2. The fourth-order valence-corrected chi connectivity index (χ4v) is 1.84. The van der Waals surface area contributed by atoms with Gasteiger partial charge in [-0.2, -0.15) is 0 Å². The second kappa shape index (κ2) is 11.2. The summed E-state index contributed by atoms with van der Waals surface area (Å²) in [4.78, 5) is 16.0. The Morgan fingerprint density at radius 2 is 2.18 bits per heavy atom. The van der Waals surface area contributed by atoms with Crippen LogP contribution in [0.15, 0.2) is 29.3 Å². The van der Waals surface area contributed by atoms with Gasteiger partial charge in [0.1, 0.15) is 0 Å². The lowest BCUT2D eigenvalue weighted by Gasteiger charge is -2.13. The summed E-state index contributed by atoms with van der Waals surface area (Å²) in [6.07, 6.45) is 0. The smallest absolute Gasteiger partial charge is 0.251 e. The van der Waals surface area contributed by atoms with Crippen LogP contribution in [0.1, 0.15) is 29.8 Å². The number of nitrogens with two attached hydrogens (primary N) is 1. The van der Waals surface area contributed by atoms with E-state index in [-0.39, 0.29) is 35.9 Å². The van der Waals surface area contributed by atoms with Crippen LogP contribution in [0.3, 0.4) is 0 Å². The maximum absolute atomic E-state index is 11.8. The molecule has 0 bridgehead atoms. The topological polar surface area (TPSA) is 88.7 Å². The van der Waals surface area contributed by atoms with E-state index in [4.69, 9.17) is 10.5 Å². The summed E-state index contributed by atoms with van der Waals surface area (Å²) in [5.41, 5.74) is 7.36. The molecular weight excluding hydrogens is 395 g/mol. The van der Waals surface area contributed by atoms with Gasteiger partial charge < -0.3 is 21.1 Å². The summed E-state index contributed by atoms with van der Waals surface area (Å²) < 4.78 is 5.01. The zero-order valence-corrected chi connectivity index (χ0v) is 15.6. The molecule has 124 valence electrons. The number of amides is 1. The van der Waals surface area contributed by atoms with Gasteiger partial charge in [-0.25, -0.2) is 4.99 Å². The third-order valence-electron chi connectivity index (χ3n) is 2.77. The lowest BCUT2D eigenvalue weighted by molar-refractivity contribution is 0.0955. The molecule has 0 spiro atoms. The van der Waals surface area contributed by atoms with Gasteiger partial charge in [0.2, 0.25) is 0 Å². The number of carbonyl (C=O) groups is 1. The number of hydrogen-bond donors (Lipinski definition) is 3. The minimum atomic E-state index is -0.0804. The van der Waals surface area contributed by atoms with Gasteiger partial charge in [-0.1, -0.05) is 12.1 Å². The van der Waals surface area contributed by atoms with E-state index in [2.05, 4.69) is 15.6 Å². The molecule has 0 fully saturated rings. The number of hydrogen-bond acceptors (Lipinski definition) is 3. The first-order valence-corrected chi connectivity index (χ1v) is 6.99. The predicted octanol–water partition coefficient (Wildman–Crippen LogP) is 1.49. The van der Waals surface area contributed by atoms with Crippen molar-refractivity contribution in [3.63, 3.8) is 0 Å². The number of nitrogens with one attached hydrogen (secondary N) is 2. The molecule has 1 amide bonds. The SMILES string of the molecule is CCNC(=O)c1cccc(CN=C(N)NC(C)COC)c1.I. The lowest BCUT2D eigenvalue weighted by Crippen LogP contribution is -2.40. The standard InChI is InChI=1S/C15H24N4O2.HI/c1-4-17-14(20)13-7-5-6-12(8-13)9-18-15(16)19-11(2)10-21-3;/h5-8,11H,4,9-10H2,1-3H3,(H,17,20)(H3,16,18,19);1H. The number of nitrogens with zero attached hydrogens (tertiary/aromatic N) is 1. The number of halogens is 1. The van der Waals surface area contributed by atoms with E-state index in [1.807, 2.05) is 32.0 Å². The number of aliphatic imine (C=N–C) groups is 1. The molecule has 22 heavy (non-hydrogen) atoms. The summed E-state index contributed by atoms with van der Waals surface area (Å²) in [6, 6.07) is 7.45. The number of ether oxygens (including phenoxy) is 1. The molecule has 1 atom stereocenters. The monoisotopic (exact) mass is 420 g/mol. The maximum atomic E-state index is 11.8. The van der Waals surface area contributed by atoms with Crippen LogP contribution >= 0.6 is 24.0 Å². The van der Waals surface area contributed by atoms with Crippen LogP contribution in [0, 0.1) is 0 Å².